The van der Waals surface area contributed by atoms with Crippen LogP contribution in [0, 0.1) is 0 Å². The van der Waals surface area contributed by atoms with E-state index >= 15 is 0 Å². The Labute approximate surface area is 209 Å². The van der Waals surface area contributed by atoms with Gasteiger partial charge in [0, 0.05) is 7.11 Å². The molecule has 7 nitrogen and oxygen atoms in total. The van der Waals surface area contributed by atoms with Crippen LogP contribution >= 0.6 is 23.4 Å². The lowest BCUT2D eigenvalue weighted by molar-refractivity contribution is -0.122. The van der Waals surface area contributed by atoms with Crippen molar-refractivity contribution >= 4 is 46.2 Å². The third-order valence-corrected chi connectivity index (χ3v) is 5.97. The number of halogens is 1. The zero-order valence-corrected chi connectivity index (χ0v) is 21.5. The number of aliphatic imine (C=N–C) groups is 1. The fraction of sp³-hybridized carbons (Fsp3) is 0.360. The van der Waals surface area contributed by atoms with Crippen molar-refractivity contribution in [1.29, 1.82) is 0 Å². The van der Waals surface area contributed by atoms with Gasteiger partial charge in [0.05, 0.1) is 48.6 Å². The minimum Gasteiger partial charge on any atom is -0.497 e. The number of nitrogens with zero attached hydrogens (tertiary/aromatic N) is 2. The molecule has 0 N–H and O–H groups in total. The standard InChI is InChI=1S/C25H29ClN2O5S/c1-6-32-21-14-17(13-20(26)23(21)33-16(2)3)15-22-24(29)28(11-12-30-4)25(34-22)27-18-7-9-19(31-5)10-8-18/h7-10,13-16H,6,11-12H2,1-5H3/b22-15-,27-25?. The van der Waals surface area contributed by atoms with Crippen LogP contribution in [0.4, 0.5) is 5.69 Å². The van der Waals surface area contributed by atoms with E-state index in [4.69, 9.17) is 30.5 Å². The van der Waals surface area contributed by atoms with Gasteiger partial charge in [-0.2, -0.15) is 0 Å². The average Bonchev–Trinajstić information content (AvgIpc) is 3.09. The molecular weight excluding hydrogens is 476 g/mol. The molecule has 3 rings (SSSR count). The summed E-state index contributed by atoms with van der Waals surface area (Å²) in [5.74, 6) is 1.62. The molecule has 0 saturated carbocycles. The molecule has 1 heterocycles. The Balaban J connectivity index is 1.96. The SMILES string of the molecule is CCOc1cc(/C=C2\SC(=Nc3ccc(OC)cc3)N(CCOC)C2=O)cc(Cl)c1OC(C)C. The number of hydrogen-bond acceptors (Lipinski definition) is 7. The van der Waals surface area contributed by atoms with Gasteiger partial charge in [0.25, 0.3) is 5.91 Å². The normalized spacial score (nSPS) is 16.1. The van der Waals surface area contributed by atoms with Gasteiger partial charge in [-0.05, 0) is 80.6 Å². The van der Waals surface area contributed by atoms with Gasteiger partial charge in [0.1, 0.15) is 5.75 Å². The van der Waals surface area contributed by atoms with E-state index in [1.165, 1.54) is 11.8 Å². The molecule has 1 fully saturated rings. The lowest BCUT2D eigenvalue weighted by Crippen LogP contribution is -2.32. The van der Waals surface area contributed by atoms with Crippen LogP contribution in [0.5, 0.6) is 17.2 Å². The monoisotopic (exact) mass is 504 g/mol. The van der Waals surface area contributed by atoms with Gasteiger partial charge in [0.15, 0.2) is 16.7 Å². The number of carbonyl (C=O) groups is 1. The number of carbonyl (C=O) groups excluding carboxylic acids is 1. The van der Waals surface area contributed by atoms with Crippen LogP contribution in [0.1, 0.15) is 26.3 Å². The van der Waals surface area contributed by atoms with Crippen molar-refractivity contribution in [1.82, 2.24) is 4.90 Å². The number of methoxy groups -OCH3 is 2. The highest BCUT2D eigenvalue weighted by Crippen LogP contribution is 2.40. The molecule has 0 aromatic heterocycles. The van der Waals surface area contributed by atoms with E-state index in [2.05, 4.69) is 4.99 Å². The molecule has 0 atom stereocenters. The summed E-state index contributed by atoms with van der Waals surface area (Å²) in [5.41, 5.74) is 1.45. The molecule has 0 spiro atoms. The molecular formula is C25H29ClN2O5S. The molecule has 1 saturated heterocycles. The van der Waals surface area contributed by atoms with E-state index < -0.39 is 0 Å². The average molecular weight is 505 g/mol. The summed E-state index contributed by atoms with van der Waals surface area (Å²) in [6.45, 7) is 6.98. The number of thioether (sulfide) groups is 1. The molecule has 182 valence electrons. The summed E-state index contributed by atoms with van der Waals surface area (Å²) in [4.78, 5) is 20.0. The molecule has 2 aromatic carbocycles. The topological polar surface area (TPSA) is 69.6 Å². The number of amides is 1. The Morgan fingerprint density at radius 2 is 1.91 bits per heavy atom. The minimum atomic E-state index is -0.147. The van der Waals surface area contributed by atoms with E-state index in [-0.39, 0.29) is 12.0 Å². The maximum Gasteiger partial charge on any atom is 0.266 e. The maximum absolute atomic E-state index is 13.2. The van der Waals surface area contributed by atoms with Crippen LogP contribution in [0.3, 0.4) is 0 Å². The summed E-state index contributed by atoms with van der Waals surface area (Å²) < 4.78 is 22.0. The highest BCUT2D eigenvalue weighted by Gasteiger charge is 2.33. The van der Waals surface area contributed by atoms with E-state index in [9.17, 15) is 4.79 Å². The highest BCUT2D eigenvalue weighted by atomic mass is 35.5. The van der Waals surface area contributed by atoms with Crippen molar-refractivity contribution in [2.24, 2.45) is 4.99 Å². The maximum atomic E-state index is 13.2. The lowest BCUT2D eigenvalue weighted by atomic mass is 10.1. The first-order valence-corrected chi connectivity index (χ1v) is 12.1. The molecule has 2 aromatic rings. The smallest absolute Gasteiger partial charge is 0.266 e. The van der Waals surface area contributed by atoms with Crippen molar-refractivity contribution in [2.75, 3.05) is 34.0 Å². The second-order valence-corrected chi connectivity index (χ2v) is 9.00. The number of rotatable bonds is 10. The lowest BCUT2D eigenvalue weighted by Gasteiger charge is -2.16. The fourth-order valence-corrected chi connectivity index (χ4v) is 4.46. The zero-order chi connectivity index (χ0) is 24.7. The predicted molar refractivity (Wildman–Crippen MR) is 138 cm³/mol. The van der Waals surface area contributed by atoms with E-state index in [0.717, 1.165) is 17.0 Å². The summed E-state index contributed by atoms with van der Waals surface area (Å²) in [6.07, 6.45) is 1.73. The van der Waals surface area contributed by atoms with Crippen molar-refractivity contribution in [2.45, 2.75) is 26.9 Å². The van der Waals surface area contributed by atoms with Gasteiger partial charge in [-0.25, -0.2) is 4.99 Å². The van der Waals surface area contributed by atoms with Gasteiger partial charge in [-0.1, -0.05) is 11.6 Å². The Morgan fingerprint density at radius 3 is 2.53 bits per heavy atom. The largest absolute Gasteiger partial charge is 0.497 e. The molecule has 0 radical (unpaired) electrons. The molecule has 0 aliphatic carbocycles. The van der Waals surface area contributed by atoms with Crippen molar-refractivity contribution in [3.05, 3.63) is 51.9 Å². The Kier molecular flexibility index (Phi) is 9.27. The van der Waals surface area contributed by atoms with Gasteiger partial charge in [-0.3, -0.25) is 9.69 Å². The highest BCUT2D eigenvalue weighted by molar-refractivity contribution is 8.18. The number of ether oxygens (including phenoxy) is 4. The molecule has 0 unspecified atom stereocenters. The summed E-state index contributed by atoms with van der Waals surface area (Å²) in [5, 5.41) is 1.000. The first-order chi connectivity index (χ1) is 16.4. The van der Waals surface area contributed by atoms with Gasteiger partial charge < -0.3 is 18.9 Å². The van der Waals surface area contributed by atoms with Gasteiger partial charge in [-0.15, -0.1) is 0 Å². The van der Waals surface area contributed by atoms with Crippen molar-refractivity contribution in [3.8, 4) is 17.2 Å². The number of hydrogen-bond donors (Lipinski definition) is 0. The summed E-state index contributed by atoms with van der Waals surface area (Å²) in [7, 11) is 3.21. The molecule has 1 amide bonds. The second kappa shape index (κ2) is 12.1. The van der Waals surface area contributed by atoms with E-state index in [0.29, 0.717) is 46.4 Å². The van der Waals surface area contributed by atoms with Gasteiger partial charge >= 0.3 is 0 Å². The fourth-order valence-electron chi connectivity index (χ4n) is 3.17. The quantitative estimate of drug-likeness (QED) is 0.382. The van der Waals surface area contributed by atoms with Crippen LogP contribution in [0.2, 0.25) is 5.02 Å². The van der Waals surface area contributed by atoms with E-state index in [1.807, 2.05) is 51.1 Å². The van der Waals surface area contributed by atoms with E-state index in [1.54, 1.807) is 31.3 Å². The van der Waals surface area contributed by atoms with Crippen LogP contribution in [-0.2, 0) is 9.53 Å². The number of benzene rings is 2. The second-order valence-electron chi connectivity index (χ2n) is 7.58. The third kappa shape index (κ3) is 6.46. The third-order valence-electron chi connectivity index (χ3n) is 4.69. The van der Waals surface area contributed by atoms with Crippen molar-refractivity contribution in [3.63, 3.8) is 0 Å². The Bertz CT molecular complexity index is 1070. The van der Waals surface area contributed by atoms with Crippen LogP contribution in [0.15, 0.2) is 46.3 Å². The molecule has 34 heavy (non-hydrogen) atoms. The molecule has 1 aliphatic rings. The van der Waals surface area contributed by atoms with Crippen LogP contribution < -0.4 is 14.2 Å². The Morgan fingerprint density at radius 1 is 1.18 bits per heavy atom. The van der Waals surface area contributed by atoms with Crippen LogP contribution in [0.25, 0.3) is 6.08 Å². The Hall–Kier alpha value is -2.68. The molecule has 9 heteroatoms. The molecule has 0 bridgehead atoms. The number of amidine groups is 1. The predicted octanol–water partition coefficient (Wildman–Crippen LogP) is 5.78. The van der Waals surface area contributed by atoms with Gasteiger partial charge in [0.2, 0.25) is 0 Å². The van der Waals surface area contributed by atoms with Crippen molar-refractivity contribution < 1.29 is 23.7 Å². The summed E-state index contributed by atoms with van der Waals surface area (Å²) >= 11 is 7.81. The molecule has 1 aliphatic heterocycles. The first-order valence-electron chi connectivity index (χ1n) is 10.9. The first kappa shape index (κ1) is 25.9. The minimum absolute atomic E-state index is 0.0565. The zero-order valence-electron chi connectivity index (χ0n) is 20.0. The summed E-state index contributed by atoms with van der Waals surface area (Å²) in [6, 6.07) is 10.9. The van der Waals surface area contributed by atoms with Crippen LogP contribution in [-0.4, -0.2) is 56.1 Å².